The van der Waals surface area contributed by atoms with Crippen molar-refractivity contribution in [2.24, 2.45) is 11.7 Å². The predicted molar refractivity (Wildman–Crippen MR) is 70.0 cm³/mol. The smallest absolute Gasteiger partial charge is 0.224 e. The van der Waals surface area contributed by atoms with E-state index in [1.165, 1.54) is 19.3 Å². The summed E-state index contributed by atoms with van der Waals surface area (Å²) in [6.07, 6.45) is 8.71. The lowest BCUT2D eigenvalue weighted by molar-refractivity contribution is 0.320. The van der Waals surface area contributed by atoms with E-state index in [1.807, 2.05) is 19.3 Å². The van der Waals surface area contributed by atoms with Gasteiger partial charge in [0.1, 0.15) is 0 Å². The number of nitrogens with two attached hydrogens (primary N) is 1. The molecule has 0 bridgehead atoms. The van der Waals surface area contributed by atoms with Gasteiger partial charge >= 0.3 is 0 Å². The van der Waals surface area contributed by atoms with Crippen molar-refractivity contribution in [1.82, 2.24) is 9.97 Å². The lowest BCUT2D eigenvalue weighted by atomic mass is 9.85. The van der Waals surface area contributed by atoms with Crippen LogP contribution in [0.25, 0.3) is 0 Å². The van der Waals surface area contributed by atoms with Crippen LogP contribution in [-0.2, 0) is 6.42 Å². The van der Waals surface area contributed by atoms with Gasteiger partial charge in [0.15, 0.2) is 0 Å². The van der Waals surface area contributed by atoms with Gasteiger partial charge in [0.2, 0.25) is 5.95 Å². The first-order valence-corrected chi connectivity index (χ1v) is 6.43. The summed E-state index contributed by atoms with van der Waals surface area (Å²) >= 11 is 0. The molecule has 1 aromatic rings. The van der Waals surface area contributed by atoms with Crippen LogP contribution in [0.4, 0.5) is 5.95 Å². The lowest BCUT2D eigenvalue weighted by Gasteiger charge is -2.30. The van der Waals surface area contributed by atoms with Crippen LogP contribution in [0.2, 0.25) is 0 Å². The minimum atomic E-state index is 0.164. The van der Waals surface area contributed by atoms with Crippen molar-refractivity contribution in [2.45, 2.75) is 38.6 Å². The number of aromatic nitrogens is 2. The number of hydrogen-bond donors (Lipinski definition) is 1. The van der Waals surface area contributed by atoms with E-state index < -0.39 is 0 Å². The first-order chi connectivity index (χ1) is 8.15. The highest BCUT2D eigenvalue weighted by atomic mass is 15.2. The summed E-state index contributed by atoms with van der Waals surface area (Å²) in [5.41, 5.74) is 6.86. The van der Waals surface area contributed by atoms with Gasteiger partial charge in [-0.3, -0.25) is 0 Å². The third-order valence-corrected chi connectivity index (χ3v) is 3.35. The summed E-state index contributed by atoms with van der Waals surface area (Å²) in [5.74, 6) is 1.66. The van der Waals surface area contributed by atoms with Gasteiger partial charge in [0.25, 0.3) is 0 Å². The summed E-state index contributed by atoms with van der Waals surface area (Å²) in [4.78, 5) is 11.0. The van der Waals surface area contributed by atoms with Crippen molar-refractivity contribution >= 4 is 5.95 Å². The number of rotatable bonds is 5. The second kappa shape index (κ2) is 5.45. The molecular weight excluding hydrogens is 212 g/mol. The highest BCUT2D eigenvalue weighted by Crippen LogP contribution is 2.27. The lowest BCUT2D eigenvalue weighted by Crippen LogP contribution is -2.30. The molecule has 1 unspecified atom stereocenters. The van der Waals surface area contributed by atoms with Gasteiger partial charge in [0.05, 0.1) is 0 Å². The maximum absolute atomic E-state index is 5.75. The molecule has 1 aliphatic rings. The van der Waals surface area contributed by atoms with Crippen LogP contribution in [0.1, 0.15) is 31.7 Å². The van der Waals surface area contributed by atoms with Gasteiger partial charge in [0, 0.05) is 32.0 Å². The molecule has 1 aliphatic carbocycles. The summed E-state index contributed by atoms with van der Waals surface area (Å²) < 4.78 is 0. The molecule has 0 saturated heterocycles. The predicted octanol–water partition coefficient (Wildman–Crippen LogP) is 1.60. The van der Waals surface area contributed by atoms with E-state index in [2.05, 4.69) is 21.9 Å². The molecule has 2 N–H and O–H groups in total. The Morgan fingerprint density at radius 1 is 1.41 bits per heavy atom. The van der Waals surface area contributed by atoms with Crippen LogP contribution in [0, 0.1) is 5.92 Å². The van der Waals surface area contributed by atoms with E-state index in [-0.39, 0.29) is 6.04 Å². The van der Waals surface area contributed by atoms with E-state index in [1.54, 1.807) is 0 Å². The zero-order valence-corrected chi connectivity index (χ0v) is 10.8. The molecular formula is C13H22N4. The standard InChI is InChI=1S/C13H22N4/c1-10(14)6-12-7-15-13(16-8-12)17(2)9-11-4-3-5-11/h7-8,10-11H,3-6,9,14H2,1-2H3. The maximum atomic E-state index is 5.75. The van der Waals surface area contributed by atoms with Crippen LogP contribution in [-0.4, -0.2) is 29.6 Å². The van der Waals surface area contributed by atoms with E-state index in [0.717, 1.165) is 30.4 Å². The third-order valence-electron chi connectivity index (χ3n) is 3.35. The minimum Gasteiger partial charge on any atom is -0.344 e. The quantitative estimate of drug-likeness (QED) is 0.841. The highest BCUT2D eigenvalue weighted by molar-refractivity contribution is 5.28. The van der Waals surface area contributed by atoms with Gasteiger partial charge in [-0.05, 0) is 37.7 Å². The first kappa shape index (κ1) is 12.3. The SMILES string of the molecule is CC(N)Cc1cnc(N(C)CC2CCC2)nc1. The largest absolute Gasteiger partial charge is 0.344 e. The fraction of sp³-hybridized carbons (Fsp3) is 0.692. The zero-order chi connectivity index (χ0) is 12.3. The van der Waals surface area contributed by atoms with Crippen molar-refractivity contribution in [2.75, 3.05) is 18.5 Å². The molecule has 0 spiro atoms. The second-order valence-electron chi connectivity index (χ2n) is 5.25. The first-order valence-electron chi connectivity index (χ1n) is 6.43. The fourth-order valence-electron chi connectivity index (χ4n) is 2.17. The summed E-state index contributed by atoms with van der Waals surface area (Å²) in [5, 5.41) is 0. The van der Waals surface area contributed by atoms with Crippen LogP contribution in [0.5, 0.6) is 0 Å². The molecule has 1 atom stereocenters. The molecule has 1 aromatic heterocycles. The Balaban J connectivity index is 1.91. The Labute approximate surface area is 103 Å². The van der Waals surface area contributed by atoms with Gasteiger partial charge in [-0.25, -0.2) is 9.97 Å². The van der Waals surface area contributed by atoms with Crippen LogP contribution >= 0.6 is 0 Å². The van der Waals surface area contributed by atoms with Crippen LogP contribution < -0.4 is 10.6 Å². The van der Waals surface area contributed by atoms with E-state index in [0.29, 0.717) is 0 Å². The van der Waals surface area contributed by atoms with Gasteiger partial charge in [-0.2, -0.15) is 0 Å². The molecule has 17 heavy (non-hydrogen) atoms. The Kier molecular flexibility index (Phi) is 3.94. The third kappa shape index (κ3) is 3.40. The van der Waals surface area contributed by atoms with E-state index in [9.17, 15) is 0 Å². The van der Waals surface area contributed by atoms with Crippen molar-refractivity contribution in [3.8, 4) is 0 Å². The average molecular weight is 234 g/mol. The normalized spacial score (nSPS) is 17.6. The monoisotopic (exact) mass is 234 g/mol. The molecule has 0 aliphatic heterocycles. The molecule has 1 saturated carbocycles. The van der Waals surface area contributed by atoms with Crippen LogP contribution in [0.3, 0.4) is 0 Å². The molecule has 4 nitrogen and oxygen atoms in total. The zero-order valence-electron chi connectivity index (χ0n) is 10.8. The second-order valence-corrected chi connectivity index (χ2v) is 5.25. The number of nitrogens with zero attached hydrogens (tertiary/aromatic N) is 3. The Morgan fingerprint density at radius 3 is 2.53 bits per heavy atom. The summed E-state index contributed by atoms with van der Waals surface area (Å²) in [6.45, 7) is 3.07. The van der Waals surface area contributed by atoms with Crippen molar-refractivity contribution in [1.29, 1.82) is 0 Å². The molecule has 94 valence electrons. The minimum absolute atomic E-state index is 0.164. The van der Waals surface area contributed by atoms with Crippen molar-refractivity contribution in [3.63, 3.8) is 0 Å². The molecule has 1 heterocycles. The highest BCUT2D eigenvalue weighted by Gasteiger charge is 2.20. The van der Waals surface area contributed by atoms with Gasteiger partial charge in [-0.1, -0.05) is 6.42 Å². The molecule has 1 fully saturated rings. The molecule has 0 aromatic carbocycles. The van der Waals surface area contributed by atoms with Crippen LogP contribution in [0.15, 0.2) is 12.4 Å². The average Bonchev–Trinajstić information content (AvgIpc) is 2.23. The Hall–Kier alpha value is -1.16. The topological polar surface area (TPSA) is 55.0 Å². The fourth-order valence-corrected chi connectivity index (χ4v) is 2.17. The van der Waals surface area contributed by atoms with Crippen molar-refractivity contribution in [3.05, 3.63) is 18.0 Å². The molecule has 0 amide bonds. The summed E-state index contributed by atoms with van der Waals surface area (Å²) in [7, 11) is 2.07. The van der Waals surface area contributed by atoms with E-state index in [4.69, 9.17) is 5.73 Å². The summed E-state index contributed by atoms with van der Waals surface area (Å²) in [6, 6.07) is 0.164. The Bertz CT molecular complexity index is 343. The van der Waals surface area contributed by atoms with Crippen molar-refractivity contribution < 1.29 is 0 Å². The van der Waals surface area contributed by atoms with E-state index >= 15 is 0 Å². The number of anilines is 1. The van der Waals surface area contributed by atoms with Gasteiger partial charge in [-0.15, -0.1) is 0 Å². The Morgan fingerprint density at radius 2 is 2.06 bits per heavy atom. The maximum Gasteiger partial charge on any atom is 0.224 e. The molecule has 0 radical (unpaired) electrons. The molecule has 4 heteroatoms. The molecule has 2 rings (SSSR count). The van der Waals surface area contributed by atoms with Gasteiger partial charge < -0.3 is 10.6 Å². The number of hydrogen-bond acceptors (Lipinski definition) is 4.